The molecule has 3 saturated carbocycles. The van der Waals surface area contributed by atoms with Crippen LogP contribution in [0.3, 0.4) is 0 Å². The van der Waals surface area contributed by atoms with Crippen molar-refractivity contribution >= 4 is 17.7 Å². The van der Waals surface area contributed by atoms with Crippen LogP contribution in [0, 0.1) is 5.92 Å². The number of rotatable bonds is 6. The maximum Gasteiger partial charge on any atom is 0.233 e. The molecule has 1 heterocycles. The molecule has 0 aliphatic heterocycles. The van der Waals surface area contributed by atoms with Crippen LogP contribution in [-0.4, -0.2) is 32.0 Å². The summed E-state index contributed by atoms with van der Waals surface area (Å²) in [7, 11) is 0. The van der Waals surface area contributed by atoms with Gasteiger partial charge in [0.1, 0.15) is 5.82 Å². The monoisotopic (exact) mass is 348 g/mol. The van der Waals surface area contributed by atoms with Crippen LogP contribution < -0.4 is 5.32 Å². The van der Waals surface area contributed by atoms with Crippen LogP contribution in [-0.2, 0) is 4.79 Å². The van der Waals surface area contributed by atoms with E-state index in [1.165, 1.54) is 44.9 Å². The first-order valence-corrected chi connectivity index (χ1v) is 10.4. The number of carbonyl (C=O) groups is 1. The summed E-state index contributed by atoms with van der Waals surface area (Å²) in [6.45, 7) is 4.25. The summed E-state index contributed by atoms with van der Waals surface area (Å²) in [5, 5.41) is 13.0. The van der Waals surface area contributed by atoms with Gasteiger partial charge in [0.2, 0.25) is 5.91 Å². The number of nitrogens with zero attached hydrogens (tertiary/aromatic N) is 3. The van der Waals surface area contributed by atoms with Crippen LogP contribution in [0.1, 0.15) is 83.0 Å². The Balaban J connectivity index is 1.40. The van der Waals surface area contributed by atoms with Gasteiger partial charge in [-0.15, -0.1) is 10.2 Å². The van der Waals surface area contributed by atoms with Crippen molar-refractivity contribution in [3.8, 4) is 0 Å². The number of thioether (sulfide) groups is 1. The van der Waals surface area contributed by atoms with Crippen molar-refractivity contribution in [3.05, 3.63) is 5.82 Å². The number of hydrogen-bond acceptors (Lipinski definition) is 4. The Bertz CT molecular complexity index is 608. The third-order valence-electron chi connectivity index (χ3n) is 5.64. The van der Waals surface area contributed by atoms with Crippen LogP contribution in [0.15, 0.2) is 5.16 Å². The largest absolute Gasteiger partial charge is 0.352 e. The molecule has 3 atom stereocenters. The molecule has 1 aromatic rings. The van der Waals surface area contributed by atoms with Crippen LogP contribution in [0.2, 0.25) is 0 Å². The van der Waals surface area contributed by atoms with E-state index >= 15 is 0 Å². The highest BCUT2D eigenvalue weighted by atomic mass is 32.2. The minimum absolute atomic E-state index is 0.118. The molecule has 0 spiro atoms. The van der Waals surface area contributed by atoms with Crippen LogP contribution >= 0.6 is 11.8 Å². The van der Waals surface area contributed by atoms with Gasteiger partial charge in [0.05, 0.1) is 5.25 Å². The quantitative estimate of drug-likeness (QED) is 0.797. The highest BCUT2D eigenvalue weighted by Crippen LogP contribution is 2.46. The minimum Gasteiger partial charge on any atom is -0.352 e. The van der Waals surface area contributed by atoms with E-state index < -0.39 is 0 Å². The number of nitrogens with one attached hydrogen (secondary N) is 1. The Morgan fingerprint density at radius 1 is 1.17 bits per heavy atom. The average molecular weight is 349 g/mol. The molecule has 0 bridgehead atoms. The molecule has 3 fully saturated rings. The summed E-state index contributed by atoms with van der Waals surface area (Å²) in [6.07, 6.45) is 9.82. The number of aromatic nitrogens is 3. The molecule has 1 N–H and O–H groups in total. The summed E-state index contributed by atoms with van der Waals surface area (Å²) in [5.74, 6) is 2.52. The summed E-state index contributed by atoms with van der Waals surface area (Å²) in [4.78, 5) is 12.6. The van der Waals surface area contributed by atoms with Crippen molar-refractivity contribution in [1.29, 1.82) is 0 Å². The smallest absolute Gasteiger partial charge is 0.233 e. The van der Waals surface area contributed by atoms with Crippen molar-refractivity contribution in [2.24, 2.45) is 5.92 Å². The molecule has 1 amide bonds. The standard InChI is InChI=1S/C18H28N4OS/c1-11-5-3-4-6-15(11)19-17(23)12(2)24-18-21-20-16(13-7-8-13)22(18)14-9-10-14/h11-15H,3-10H2,1-2H3,(H,19,23)/t11-,12+,15-/m0/s1. The highest BCUT2D eigenvalue weighted by molar-refractivity contribution is 8.00. The Kier molecular flexibility index (Phi) is 4.58. The second-order valence-corrected chi connectivity index (χ2v) is 9.16. The first-order valence-electron chi connectivity index (χ1n) is 9.55. The maximum atomic E-state index is 12.6. The lowest BCUT2D eigenvalue weighted by Gasteiger charge is -2.30. The van der Waals surface area contributed by atoms with E-state index in [0.717, 1.165) is 17.4 Å². The van der Waals surface area contributed by atoms with Gasteiger partial charge in [-0.05, 0) is 51.4 Å². The van der Waals surface area contributed by atoms with E-state index in [9.17, 15) is 4.79 Å². The van der Waals surface area contributed by atoms with E-state index in [1.807, 2.05) is 6.92 Å². The second-order valence-electron chi connectivity index (χ2n) is 7.85. The van der Waals surface area contributed by atoms with E-state index in [2.05, 4.69) is 27.0 Å². The molecule has 24 heavy (non-hydrogen) atoms. The van der Waals surface area contributed by atoms with Gasteiger partial charge in [-0.3, -0.25) is 4.79 Å². The predicted molar refractivity (Wildman–Crippen MR) is 95.1 cm³/mol. The molecule has 0 unspecified atom stereocenters. The van der Waals surface area contributed by atoms with E-state index in [-0.39, 0.29) is 11.2 Å². The molecule has 132 valence electrons. The normalized spacial score (nSPS) is 28.6. The summed E-state index contributed by atoms with van der Waals surface area (Å²) < 4.78 is 2.33. The molecular formula is C18H28N4OS. The predicted octanol–water partition coefficient (Wildman–Crippen LogP) is 3.67. The summed E-state index contributed by atoms with van der Waals surface area (Å²) in [5.41, 5.74) is 0. The molecule has 5 nitrogen and oxygen atoms in total. The molecule has 0 saturated heterocycles. The molecule has 3 aliphatic rings. The van der Waals surface area contributed by atoms with Gasteiger partial charge in [-0.2, -0.15) is 0 Å². The Morgan fingerprint density at radius 2 is 1.92 bits per heavy atom. The maximum absolute atomic E-state index is 12.6. The zero-order chi connectivity index (χ0) is 16.7. The first-order chi connectivity index (χ1) is 11.6. The first kappa shape index (κ1) is 16.4. The topological polar surface area (TPSA) is 59.8 Å². The van der Waals surface area contributed by atoms with E-state index in [0.29, 0.717) is 23.9 Å². The van der Waals surface area contributed by atoms with Crippen molar-refractivity contribution < 1.29 is 4.79 Å². The molecular weight excluding hydrogens is 320 g/mol. The van der Waals surface area contributed by atoms with Gasteiger partial charge in [-0.25, -0.2) is 0 Å². The summed E-state index contributed by atoms with van der Waals surface area (Å²) >= 11 is 1.58. The third kappa shape index (κ3) is 3.48. The van der Waals surface area contributed by atoms with E-state index in [4.69, 9.17) is 0 Å². The van der Waals surface area contributed by atoms with Crippen molar-refractivity contribution in [2.75, 3.05) is 0 Å². The van der Waals surface area contributed by atoms with Gasteiger partial charge in [0.25, 0.3) is 0 Å². The average Bonchev–Trinajstić information content (AvgIpc) is 3.49. The fraction of sp³-hybridized carbons (Fsp3) is 0.833. The number of carbonyl (C=O) groups excluding carboxylic acids is 1. The Hall–Kier alpha value is -1.04. The molecule has 1 aromatic heterocycles. The fourth-order valence-electron chi connectivity index (χ4n) is 3.71. The van der Waals surface area contributed by atoms with Crippen molar-refractivity contribution in [2.45, 2.75) is 93.6 Å². The van der Waals surface area contributed by atoms with Gasteiger partial charge in [0, 0.05) is 18.0 Å². The number of hydrogen-bond donors (Lipinski definition) is 1. The Morgan fingerprint density at radius 3 is 2.58 bits per heavy atom. The van der Waals surface area contributed by atoms with Crippen molar-refractivity contribution in [3.63, 3.8) is 0 Å². The molecule has 4 rings (SSSR count). The van der Waals surface area contributed by atoms with Gasteiger partial charge >= 0.3 is 0 Å². The fourth-order valence-corrected chi connectivity index (χ4v) is 4.64. The van der Waals surface area contributed by atoms with Gasteiger partial charge in [0.15, 0.2) is 5.16 Å². The Labute approximate surface area is 148 Å². The SMILES string of the molecule is C[C@@H](Sc1nnc(C2CC2)n1C1CC1)C(=O)N[C@H]1CCCC[C@@H]1C. The third-order valence-corrected chi connectivity index (χ3v) is 6.69. The van der Waals surface area contributed by atoms with Gasteiger partial charge in [-0.1, -0.05) is 31.5 Å². The van der Waals surface area contributed by atoms with Crippen molar-refractivity contribution in [1.82, 2.24) is 20.1 Å². The minimum atomic E-state index is -0.118. The van der Waals surface area contributed by atoms with Crippen LogP contribution in [0.5, 0.6) is 0 Å². The van der Waals surface area contributed by atoms with Crippen LogP contribution in [0.4, 0.5) is 0 Å². The molecule has 6 heteroatoms. The lowest BCUT2D eigenvalue weighted by molar-refractivity contribution is -0.121. The molecule has 0 radical (unpaired) electrons. The number of amides is 1. The summed E-state index contributed by atoms with van der Waals surface area (Å²) in [6, 6.07) is 0.921. The highest BCUT2D eigenvalue weighted by Gasteiger charge is 2.37. The van der Waals surface area contributed by atoms with E-state index in [1.54, 1.807) is 11.8 Å². The zero-order valence-corrected chi connectivity index (χ0v) is 15.5. The molecule has 3 aliphatic carbocycles. The lowest BCUT2D eigenvalue weighted by Crippen LogP contribution is -2.44. The zero-order valence-electron chi connectivity index (χ0n) is 14.7. The van der Waals surface area contributed by atoms with Crippen LogP contribution in [0.25, 0.3) is 0 Å². The lowest BCUT2D eigenvalue weighted by atomic mass is 9.86. The molecule has 0 aromatic carbocycles. The van der Waals surface area contributed by atoms with Gasteiger partial charge < -0.3 is 9.88 Å². The second kappa shape index (κ2) is 6.70.